The van der Waals surface area contributed by atoms with Gasteiger partial charge in [0.15, 0.2) is 0 Å². The molecule has 1 heterocycles. The molecule has 0 amide bonds. The van der Waals surface area contributed by atoms with Gasteiger partial charge in [0.1, 0.15) is 5.69 Å². The summed E-state index contributed by atoms with van der Waals surface area (Å²) in [5.74, 6) is -1.14. The first kappa shape index (κ1) is 13.3. The summed E-state index contributed by atoms with van der Waals surface area (Å²) < 4.78 is 0. The van der Waals surface area contributed by atoms with Crippen molar-refractivity contribution in [3.8, 4) is 0 Å². The number of benzene rings is 1. The maximum atomic E-state index is 11.2. The van der Waals surface area contributed by atoms with E-state index in [0.717, 1.165) is 13.1 Å². The lowest BCUT2D eigenvalue weighted by Crippen LogP contribution is -2.45. The summed E-state index contributed by atoms with van der Waals surface area (Å²) in [6.07, 6.45) is 0. The van der Waals surface area contributed by atoms with Crippen molar-refractivity contribution in [3.63, 3.8) is 0 Å². The lowest BCUT2D eigenvalue weighted by molar-refractivity contribution is -0.384. The SMILES string of the molecule is CN1CCN(c2c(C(=O)O)cccc2[N+](=O)[O-])CC1. The van der Waals surface area contributed by atoms with Gasteiger partial charge in [-0.25, -0.2) is 4.79 Å². The molecule has 1 N–H and O–H groups in total. The van der Waals surface area contributed by atoms with Crippen LogP contribution in [0.5, 0.6) is 0 Å². The Kier molecular flexibility index (Phi) is 3.66. The number of anilines is 1. The van der Waals surface area contributed by atoms with E-state index in [1.165, 1.54) is 18.2 Å². The average molecular weight is 265 g/mol. The number of hydrogen-bond donors (Lipinski definition) is 1. The number of carbonyl (C=O) groups is 1. The van der Waals surface area contributed by atoms with Gasteiger partial charge in [0.05, 0.1) is 10.5 Å². The molecular formula is C12H15N3O4. The van der Waals surface area contributed by atoms with Crippen LogP contribution in [0, 0.1) is 10.1 Å². The van der Waals surface area contributed by atoms with Crippen LogP contribution in [0.15, 0.2) is 18.2 Å². The van der Waals surface area contributed by atoms with Gasteiger partial charge in [-0.3, -0.25) is 10.1 Å². The Labute approximate surface area is 110 Å². The number of carboxylic acids is 1. The molecule has 19 heavy (non-hydrogen) atoms. The molecule has 7 nitrogen and oxygen atoms in total. The second kappa shape index (κ2) is 5.23. The van der Waals surface area contributed by atoms with Crippen LogP contribution >= 0.6 is 0 Å². The van der Waals surface area contributed by atoms with E-state index in [1.807, 2.05) is 7.05 Å². The van der Waals surface area contributed by atoms with Gasteiger partial charge >= 0.3 is 5.97 Å². The molecule has 102 valence electrons. The molecule has 0 bridgehead atoms. The fourth-order valence-electron chi connectivity index (χ4n) is 2.21. The first-order chi connectivity index (χ1) is 9.00. The van der Waals surface area contributed by atoms with Gasteiger partial charge in [0, 0.05) is 32.2 Å². The molecule has 1 aromatic rings. The molecule has 1 fully saturated rings. The van der Waals surface area contributed by atoms with E-state index < -0.39 is 10.9 Å². The molecule has 1 aliphatic rings. The number of nitro benzene ring substituents is 1. The highest BCUT2D eigenvalue weighted by molar-refractivity contribution is 5.97. The molecule has 0 spiro atoms. The largest absolute Gasteiger partial charge is 0.478 e. The summed E-state index contributed by atoms with van der Waals surface area (Å²) in [4.78, 5) is 25.7. The van der Waals surface area contributed by atoms with Crippen LogP contribution in [-0.4, -0.2) is 54.1 Å². The van der Waals surface area contributed by atoms with Gasteiger partial charge < -0.3 is 14.9 Å². The number of likely N-dealkylation sites (N-methyl/N-ethyl adjacent to an activating group) is 1. The van der Waals surface area contributed by atoms with Crippen LogP contribution in [0.3, 0.4) is 0 Å². The summed E-state index contributed by atoms with van der Waals surface area (Å²) in [5, 5.41) is 20.3. The van der Waals surface area contributed by atoms with Crippen molar-refractivity contribution in [2.75, 3.05) is 38.1 Å². The fourth-order valence-corrected chi connectivity index (χ4v) is 2.21. The van der Waals surface area contributed by atoms with Crippen LogP contribution in [0.2, 0.25) is 0 Å². The molecule has 0 radical (unpaired) electrons. The molecular weight excluding hydrogens is 250 g/mol. The number of nitrogens with zero attached hydrogens (tertiary/aromatic N) is 3. The number of para-hydroxylation sites is 1. The highest BCUT2D eigenvalue weighted by Gasteiger charge is 2.27. The Morgan fingerprint density at radius 1 is 1.32 bits per heavy atom. The van der Waals surface area contributed by atoms with Crippen molar-refractivity contribution in [2.45, 2.75) is 0 Å². The molecule has 1 aromatic carbocycles. The Balaban J connectivity index is 2.46. The van der Waals surface area contributed by atoms with Gasteiger partial charge in [0.2, 0.25) is 0 Å². The van der Waals surface area contributed by atoms with Crippen molar-refractivity contribution in [1.82, 2.24) is 4.90 Å². The maximum absolute atomic E-state index is 11.2. The van der Waals surface area contributed by atoms with E-state index >= 15 is 0 Å². The van der Waals surface area contributed by atoms with Crippen LogP contribution in [-0.2, 0) is 0 Å². The third-order valence-electron chi connectivity index (χ3n) is 3.26. The quantitative estimate of drug-likeness (QED) is 0.649. The molecule has 1 saturated heterocycles. The van der Waals surface area contributed by atoms with Gasteiger partial charge in [0.25, 0.3) is 5.69 Å². The minimum atomic E-state index is -1.14. The van der Waals surface area contributed by atoms with Crippen LogP contribution < -0.4 is 4.90 Å². The van der Waals surface area contributed by atoms with E-state index in [1.54, 1.807) is 4.90 Å². The predicted octanol–water partition coefficient (Wildman–Crippen LogP) is 1.04. The maximum Gasteiger partial charge on any atom is 0.338 e. The Hall–Kier alpha value is -2.15. The number of rotatable bonds is 3. The third kappa shape index (κ3) is 2.65. The van der Waals surface area contributed by atoms with Crippen molar-refractivity contribution >= 4 is 17.3 Å². The first-order valence-corrected chi connectivity index (χ1v) is 5.95. The number of aromatic carboxylic acids is 1. The zero-order valence-corrected chi connectivity index (χ0v) is 10.6. The Bertz CT molecular complexity index is 477. The summed E-state index contributed by atoms with van der Waals surface area (Å²) in [6, 6.07) is 4.16. The molecule has 0 aliphatic carbocycles. The standard InChI is InChI=1S/C12H15N3O4/c1-13-5-7-14(8-6-13)11-9(12(16)17)3-2-4-10(11)15(18)19/h2-4H,5-8H2,1H3,(H,16,17). The molecule has 1 aliphatic heterocycles. The minimum absolute atomic E-state index is 0.0150. The van der Waals surface area contributed by atoms with E-state index in [-0.39, 0.29) is 16.9 Å². The van der Waals surface area contributed by atoms with Gasteiger partial charge in [-0.1, -0.05) is 6.07 Å². The second-order valence-corrected chi connectivity index (χ2v) is 4.53. The molecule has 0 atom stereocenters. The third-order valence-corrected chi connectivity index (χ3v) is 3.26. The van der Waals surface area contributed by atoms with E-state index in [0.29, 0.717) is 13.1 Å². The topological polar surface area (TPSA) is 86.9 Å². The van der Waals surface area contributed by atoms with Crippen molar-refractivity contribution in [1.29, 1.82) is 0 Å². The van der Waals surface area contributed by atoms with Gasteiger partial charge in [-0.2, -0.15) is 0 Å². The van der Waals surface area contributed by atoms with Crippen molar-refractivity contribution in [2.24, 2.45) is 0 Å². The summed E-state index contributed by atoms with van der Waals surface area (Å²) in [5.41, 5.74) is 0.0521. The predicted molar refractivity (Wildman–Crippen MR) is 69.8 cm³/mol. The number of hydrogen-bond acceptors (Lipinski definition) is 5. The summed E-state index contributed by atoms with van der Waals surface area (Å²) in [6.45, 7) is 2.68. The van der Waals surface area contributed by atoms with E-state index in [2.05, 4.69) is 4.90 Å². The molecule has 0 unspecified atom stereocenters. The fraction of sp³-hybridized carbons (Fsp3) is 0.417. The van der Waals surface area contributed by atoms with Crippen LogP contribution in [0.25, 0.3) is 0 Å². The van der Waals surface area contributed by atoms with Crippen LogP contribution in [0.4, 0.5) is 11.4 Å². The zero-order valence-electron chi connectivity index (χ0n) is 10.6. The Morgan fingerprint density at radius 2 is 1.95 bits per heavy atom. The number of piperazine rings is 1. The lowest BCUT2D eigenvalue weighted by Gasteiger charge is -2.34. The zero-order chi connectivity index (χ0) is 14.0. The van der Waals surface area contributed by atoms with Crippen molar-refractivity contribution in [3.05, 3.63) is 33.9 Å². The average Bonchev–Trinajstić information content (AvgIpc) is 2.38. The summed E-state index contributed by atoms with van der Waals surface area (Å²) in [7, 11) is 1.97. The highest BCUT2D eigenvalue weighted by atomic mass is 16.6. The molecule has 7 heteroatoms. The van der Waals surface area contributed by atoms with E-state index in [4.69, 9.17) is 0 Å². The monoisotopic (exact) mass is 265 g/mol. The first-order valence-electron chi connectivity index (χ1n) is 5.95. The smallest absolute Gasteiger partial charge is 0.338 e. The van der Waals surface area contributed by atoms with Crippen LogP contribution in [0.1, 0.15) is 10.4 Å². The summed E-state index contributed by atoms with van der Waals surface area (Å²) >= 11 is 0. The minimum Gasteiger partial charge on any atom is -0.478 e. The Morgan fingerprint density at radius 3 is 2.47 bits per heavy atom. The van der Waals surface area contributed by atoms with Gasteiger partial charge in [-0.05, 0) is 13.1 Å². The normalized spacial score (nSPS) is 16.4. The number of carboxylic acid groups (broad SMARTS) is 1. The lowest BCUT2D eigenvalue weighted by atomic mass is 10.1. The van der Waals surface area contributed by atoms with Gasteiger partial charge in [-0.15, -0.1) is 0 Å². The highest BCUT2D eigenvalue weighted by Crippen LogP contribution is 2.32. The second-order valence-electron chi connectivity index (χ2n) is 4.53. The molecule has 2 rings (SSSR count). The number of nitro groups is 1. The molecule has 0 saturated carbocycles. The molecule has 0 aromatic heterocycles. The van der Waals surface area contributed by atoms with E-state index in [9.17, 15) is 20.0 Å². The van der Waals surface area contributed by atoms with Crippen molar-refractivity contribution < 1.29 is 14.8 Å².